The van der Waals surface area contributed by atoms with Crippen molar-refractivity contribution in [1.29, 1.82) is 0 Å². The van der Waals surface area contributed by atoms with Crippen molar-refractivity contribution in [2.24, 2.45) is 7.05 Å². The highest BCUT2D eigenvalue weighted by molar-refractivity contribution is 5.90. The fraction of sp³-hybridized carbons (Fsp3) is 0.261. The number of aromatic nitrogens is 2. The molecule has 0 spiro atoms. The van der Waals surface area contributed by atoms with Gasteiger partial charge in [-0.3, -0.25) is 9.36 Å². The summed E-state index contributed by atoms with van der Waals surface area (Å²) in [6.07, 6.45) is 0. The molecule has 7 nitrogen and oxygen atoms in total. The van der Waals surface area contributed by atoms with Crippen LogP contribution in [0.3, 0.4) is 0 Å². The summed E-state index contributed by atoms with van der Waals surface area (Å²) in [6.45, 7) is -0.290. The number of ether oxygens (including phenoxy) is 2. The highest BCUT2D eigenvalue weighted by atomic mass is 16.5. The molecule has 1 unspecified atom stereocenters. The Morgan fingerprint density at radius 3 is 2.00 bits per heavy atom. The molecule has 0 aliphatic carbocycles. The second kappa shape index (κ2) is 9.37. The first-order valence-corrected chi connectivity index (χ1v) is 9.47. The summed E-state index contributed by atoms with van der Waals surface area (Å²) in [5.74, 6) is -1.60. The lowest BCUT2D eigenvalue weighted by Gasteiger charge is -2.28. The summed E-state index contributed by atoms with van der Waals surface area (Å²) in [4.78, 5) is 29.6. The van der Waals surface area contributed by atoms with E-state index in [-0.39, 0.29) is 29.8 Å². The summed E-state index contributed by atoms with van der Waals surface area (Å²) < 4.78 is 11.2. The van der Waals surface area contributed by atoms with Gasteiger partial charge in [0.15, 0.2) is 5.69 Å². The van der Waals surface area contributed by atoms with E-state index < -0.39 is 17.4 Å². The number of carbonyl (C=O) groups excluding carboxylic acids is 1. The summed E-state index contributed by atoms with van der Waals surface area (Å²) in [7, 11) is 4.05. The van der Waals surface area contributed by atoms with Crippen LogP contribution in [-0.4, -0.2) is 41.5 Å². The Hall–Kier alpha value is -3.45. The molecule has 0 aliphatic heterocycles. The molecular weight excluding hydrogens is 384 g/mol. The molecule has 3 rings (SSSR count). The minimum atomic E-state index is -0.779. The van der Waals surface area contributed by atoms with Crippen molar-refractivity contribution in [2.75, 3.05) is 20.8 Å². The average molecular weight is 408 g/mol. The van der Waals surface area contributed by atoms with E-state index in [0.717, 1.165) is 11.1 Å². The highest BCUT2D eigenvalue weighted by Crippen LogP contribution is 2.37. The fourth-order valence-corrected chi connectivity index (χ4v) is 3.66. The molecule has 0 bridgehead atoms. The number of carbonyl (C=O) groups is 1. The Kier molecular flexibility index (Phi) is 6.64. The fourth-order valence-electron chi connectivity index (χ4n) is 3.66. The SMILES string of the molecule is COC(=O)c1nc(C(CO)C(c2ccccc2)c2ccccc2)n(C)c(=O)c1OC. The van der Waals surface area contributed by atoms with Gasteiger partial charge >= 0.3 is 5.97 Å². The van der Waals surface area contributed by atoms with E-state index in [1.165, 1.54) is 18.8 Å². The molecule has 7 heteroatoms. The standard InChI is InChI=1S/C23H24N2O5/c1-25-21(24-19(23(28)30-3)20(29-2)22(25)27)17(14-26)18(15-10-6-4-7-11-15)16-12-8-5-9-13-16/h4-13,17-18,26H,14H2,1-3H3. The zero-order chi connectivity index (χ0) is 21.7. The number of methoxy groups -OCH3 is 2. The van der Waals surface area contributed by atoms with Gasteiger partial charge < -0.3 is 14.6 Å². The Morgan fingerprint density at radius 2 is 1.57 bits per heavy atom. The normalized spacial score (nSPS) is 11.9. The summed E-state index contributed by atoms with van der Waals surface area (Å²) in [6, 6.07) is 19.3. The molecule has 0 aliphatic rings. The number of benzene rings is 2. The van der Waals surface area contributed by atoms with Crippen LogP contribution in [0.25, 0.3) is 0 Å². The molecule has 0 saturated heterocycles. The van der Waals surface area contributed by atoms with E-state index in [1.54, 1.807) is 7.05 Å². The van der Waals surface area contributed by atoms with Gasteiger partial charge in [-0.15, -0.1) is 0 Å². The van der Waals surface area contributed by atoms with E-state index in [1.807, 2.05) is 60.7 Å². The van der Waals surface area contributed by atoms with Crippen LogP contribution in [0.1, 0.15) is 39.3 Å². The van der Waals surface area contributed by atoms with Gasteiger partial charge in [0.05, 0.1) is 26.7 Å². The zero-order valence-corrected chi connectivity index (χ0v) is 17.1. The number of esters is 1. The van der Waals surface area contributed by atoms with Crippen LogP contribution in [0.5, 0.6) is 5.75 Å². The van der Waals surface area contributed by atoms with E-state index in [9.17, 15) is 14.7 Å². The Balaban J connectivity index is 2.26. The number of hydrogen-bond acceptors (Lipinski definition) is 6. The Morgan fingerprint density at radius 1 is 1.03 bits per heavy atom. The molecule has 0 saturated carbocycles. The largest absolute Gasteiger partial charge is 0.489 e. The molecular formula is C23H24N2O5. The van der Waals surface area contributed by atoms with Crippen LogP contribution in [0, 0.1) is 0 Å². The van der Waals surface area contributed by atoms with Crippen molar-refractivity contribution in [2.45, 2.75) is 11.8 Å². The Labute approximate surface area is 174 Å². The van der Waals surface area contributed by atoms with Crippen LogP contribution in [-0.2, 0) is 11.8 Å². The maximum Gasteiger partial charge on any atom is 0.360 e. The maximum atomic E-state index is 12.9. The molecule has 156 valence electrons. The van der Waals surface area contributed by atoms with Crippen LogP contribution in [0.4, 0.5) is 0 Å². The van der Waals surface area contributed by atoms with Gasteiger partial charge in [0, 0.05) is 13.0 Å². The minimum absolute atomic E-state index is 0.194. The molecule has 1 atom stereocenters. The van der Waals surface area contributed by atoms with Gasteiger partial charge in [-0.2, -0.15) is 0 Å². The number of aliphatic hydroxyl groups excluding tert-OH is 1. The van der Waals surface area contributed by atoms with Gasteiger partial charge in [-0.1, -0.05) is 60.7 Å². The molecule has 0 fully saturated rings. The quantitative estimate of drug-likeness (QED) is 0.604. The molecule has 1 N–H and O–H groups in total. The molecule has 30 heavy (non-hydrogen) atoms. The number of nitrogens with zero attached hydrogens (tertiary/aromatic N) is 2. The molecule has 1 heterocycles. The van der Waals surface area contributed by atoms with Crippen molar-refractivity contribution >= 4 is 5.97 Å². The number of hydrogen-bond donors (Lipinski definition) is 1. The predicted octanol–water partition coefficient (Wildman–Crippen LogP) is 2.48. The minimum Gasteiger partial charge on any atom is -0.489 e. The molecule has 0 amide bonds. The van der Waals surface area contributed by atoms with Crippen molar-refractivity contribution in [3.05, 3.63) is 93.7 Å². The van der Waals surface area contributed by atoms with Crippen LogP contribution in [0.15, 0.2) is 65.5 Å². The second-order valence-corrected chi connectivity index (χ2v) is 6.80. The first-order valence-electron chi connectivity index (χ1n) is 9.47. The number of rotatable bonds is 7. The third-order valence-electron chi connectivity index (χ3n) is 5.11. The van der Waals surface area contributed by atoms with E-state index in [4.69, 9.17) is 9.47 Å². The van der Waals surface area contributed by atoms with Gasteiger partial charge in [-0.25, -0.2) is 9.78 Å². The summed E-state index contributed by atoms with van der Waals surface area (Å²) >= 11 is 0. The Bertz CT molecular complexity index is 1020. The summed E-state index contributed by atoms with van der Waals surface area (Å²) in [5, 5.41) is 10.4. The third kappa shape index (κ3) is 3.97. The van der Waals surface area contributed by atoms with Crippen molar-refractivity contribution in [3.63, 3.8) is 0 Å². The predicted molar refractivity (Wildman–Crippen MR) is 112 cm³/mol. The topological polar surface area (TPSA) is 90.6 Å². The zero-order valence-electron chi connectivity index (χ0n) is 17.1. The van der Waals surface area contributed by atoms with Crippen molar-refractivity contribution in [1.82, 2.24) is 9.55 Å². The lowest BCUT2D eigenvalue weighted by Crippen LogP contribution is -2.31. The van der Waals surface area contributed by atoms with Crippen LogP contribution >= 0.6 is 0 Å². The van der Waals surface area contributed by atoms with E-state index in [0.29, 0.717) is 0 Å². The number of aliphatic hydroxyl groups is 1. The first-order chi connectivity index (χ1) is 14.5. The maximum absolute atomic E-state index is 12.9. The van der Waals surface area contributed by atoms with Gasteiger partial charge in [-0.05, 0) is 11.1 Å². The highest BCUT2D eigenvalue weighted by Gasteiger charge is 2.32. The van der Waals surface area contributed by atoms with E-state index in [2.05, 4.69) is 4.98 Å². The lowest BCUT2D eigenvalue weighted by atomic mass is 9.80. The van der Waals surface area contributed by atoms with Crippen molar-refractivity contribution < 1.29 is 19.4 Å². The van der Waals surface area contributed by atoms with Gasteiger partial charge in [0.25, 0.3) is 5.56 Å². The smallest absolute Gasteiger partial charge is 0.360 e. The molecule has 3 aromatic rings. The second-order valence-electron chi connectivity index (χ2n) is 6.80. The van der Waals surface area contributed by atoms with Crippen LogP contribution in [0.2, 0.25) is 0 Å². The monoisotopic (exact) mass is 408 g/mol. The molecule has 1 aromatic heterocycles. The lowest BCUT2D eigenvalue weighted by molar-refractivity contribution is 0.0588. The van der Waals surface area contributed by atoms with Crippen LogP contribution < -0.4 is 10.3 Å². The van der Waals surface area contributed by atoms with Gasteiger partial charge in [0.1, 0.15) is 5.82 Å². The summed E-state index contributed by atoms with van der Waals surface area (Å²) in [5.41, 5.74) is 1.16. The van der Waals surface area contributed by atoms with Crippen molar-refractivity contribution in [3.8, 4) is 5.75 Å². The first kappa shape index (κ1) is 21.3. The van der Waals surface area contributed by atoms with E-state index >= 15 is 0 Å². The molecule has 0 radical (unpaired) electrons. The average Bonchev–Trinajstić information content (AvgIpc) is 2.80. The molecule has 2 aromatic carbocycles. The third-order valence-corrected chi connectivity index (χ3v) is 5.11. The van der Waals surface area contributed by atoms with Gasteiger partial charge in [0.2, 0.25) is 5.75 Å².